The Morgan fingerprint density at radius 1 is 1.16 bits per heavy atom. The normalized spacial score (nSPS) is 33.4. The third-order valence-electron chi connectivity index (χ3n) is 4.56. The minimum absolute atomic E-state index is 0.158. The minimum atomic E-state index is -0.692. The average Bonchev–Trinajstić information content (AvgIpc) is 2.33. The van der Waals surface area contributed by atoms with Gasteiger partial charge in [0, 0.05) is 24.0 Å². The molecular weight excluding hydrogens is 234 g/mol. The third kappa shape index (κ3) is 2.70. The molecule has 0 spiro atoms. The maximum absolute atomic E-state index is 11.1. The molecule has 1 N–H and O–H groups in total. The van der Waals surface area contributed by atoms with Crippen LogP contribution in [0.1, 0.15) is 46.6 Å². The molecule has 0 amide bonds. The van der Waals surface area contributed by atoms with Crippen LogP contribution in [0.25, 0.3) is 0 Å². The number of hydrogen-bond donors (Lipinski definition) is 1. The van der Waals surface area contributed by atoms with Crippen LogP contribution in [-0.2, 0) is 5.60 Å². The first-order valence-corrected chi connectivity index (χ1v) is 7.30. The molecule has 1 saturated heterocycles. The van der Waals surface area contributed by atoms with Crippen LogP contribution >= 0.6 is 0 Å². The van der Waals surface area contributed by atoms with Crippen LogP contribution in [-0.4, -0.2) is 28.1 Å². The van der Waals surface area contributed by atoms with E-state index in [4.69, 9.17) is 0 Å². The van der Waals surface area contributed by atoms with Crippen molar-refractivity contribution in [2.45, 2.75) is 58.2 Å². The van der Waals surface area contributed by atoms with Crippen molar-refractivity contribution in [3.8, 4) is 0 Å². The first kappa shape index (κ1) is 14.5. The number of aliphatic hydroxyl groups is 1. The van der Waals surface area contributed by atoms with Crippen LogP contribution in [0.15, 0.2) is 30.3 Å². The molecule has 1 heterocycles. The molecule has 0 saturated carbocycles. The number of hydrogen-bond acceptors (Lipinski definition) is 2. The summed E-state index contributed by atoms with van der Waals surface area (Å²) in [7, 11) is 0. The second kappa shape index (κ2) is 4.92. The van der Waals surface area contributed by atoms with Gasteiger partial charge in [0.05, 0.1) is 5.60 Å². The second-order valence-electron chi connectivity index (χ2n) is 7.07. The topological polar surface area (TPSA) is 23.5 Å². The summed E-state index contributed by atoms with van der Waals surface area (Å²) in [6, 6.07) is 10.5. The molecule has 2 rings (SSSR count). The predicted octanol–water partition coefficient (Wildman–Crippen LogP) is 3.40. The summed E-state index contributed by atoms with van der Waals surface area (Å²) in [4.78, 5) is 2.51. The summed E-state index contributed by atoms with van der Waals surface area (Å²) in [5.41, 5.74) is 0.525. The van der Waals surface area contributed by atoms with Gasteiger partial charge in [-0.3, -0.25) is 4.90 Å². The van der Waals surface area contributed by atoms with Gasteiger partial charge in [0.15, 0.2) is 0 Å². The van der Waals surface area contributed by atoms with E-state index in [2.05, 4.69) is 51.7 Å². The van der Waals surface area contributed by atoms with Crippen LogP contribution < -0.4 is 0 Å². The van der Waals surface area contributed by atoms with Crippen LogP contribution in [0.5, 0.6) is 0 Å². The van der Waals surface area contributed by atoms with Gasteiger partial charge < -0.3 is 5.11 Å². The Balaban J connectivity index is 2.28. The van der Waals surface area contributed by atoms with E-state index in [1.807, 2.05) is 18.2 Å². The molecule has 0 aliphatic carbocycles. The Kier molecular flexibility index (Phi) is 3.76. The molecule has 0 aromatic heterocycles. The molecule has 1 aromatic rings. The van der Waals surface area contributed by atoms with Gasteiger partial charge in [-0.25, -0.2) is 0 Å². The highest BCUT2D eigenvalue weighted by atomic mass is 16.3. The van der Waals surface area contributed by atoms with Gasteiger partial charge in [0.25, 0.3) is 0 Å². The number of likely N-dealkylation sites (tertiary alicyclic amines) is 1. The van der Waals surface area contributed by atoms with Crippen molar-refractivity contribution < 1.29 is 5.11 Å². The fraction of sp³-hybridized carbons (Fsp3) is 0.647. The molecule has 0 bridgehead atoms. The quantitative estimate of drug-likeness (QED) is 0.837. The molecule has 1 aliphatic rings. The lowest BCUT2D eigenvalue weighted by molar-refractivity contribution is -0.111. The average molecular weight is 261 g/mol. The van der Waals surface area contributed by atoms with Crippen molar-refractivity contribution in [2.75, 3.05) is 6.54 Å². The Bertz CT molecular complexity index is 423. The number of nitrogens with zero attached hydrogens (tertiary/aromatic N) is 1. The van der Waals surface area contributed by atoms with Crippen LogP contribution in [0.3, 0.4) is 0 Å². The first-order valence-electron chi connectivity index (χ1n) is 7.30. The molecule has 3 atom stereocenters. The molecule has 0 radical (unpaired) electrons. The fourth-order valence-electron chi connectivity index (χ4n) is 3.45. The van der Waals surface area contributed by atoms with Crippen molar-refractivity contribution in [3.63, 3.8) is 0 Å². The van der Waals surface area contributed by atoms with E-state index < -0.39 is 5.60 Å². The zero-order valence-corrected chi connectivity index (χ0v) is 12.9. The van der Waals surface area contributed by atoms with Gasteiger partial charge >= 0.3 is 0 Å². The summed E-state index contributed by atoms with van der Waals surface area (Å²) in [5.74, 6) is 0.241. The van der Waals surface area contributed by atoms with E-state index in [0.717, 1.165) is 18.5 Å². The highest BCUT2D eigenvalue weighted by Crippen LogP contribution is 2.41. The molecule has 106 valence electrons. The Morgan fingerprint density at radius 3 is 2.26 bits per heavy atom. The second-order valence-corrected chi connectivity index (χ2v) is 7.07. The monoisotopic (exact) mass is 261 g/mol. The van der Waals surface area contributed by atoms with Crippen molar-refractivity contribution in [1.29, 1.82) is 0 Å². The fourth-order valence-corrected chi connectivity index (χ4v) is 3.45. The van der Waals surface area contributed by atoms with Crippen molar-refractivity contribution in [2.24, 2.45) is 5.92 Å². The SMILES string of the molecule is CC1CC(O)(c2ccccc2)C(C)CN1C(C)(C)C. The van der Waals surface area contributed by atoms with Crippen LogP contribution in [0.2, 0.25) is 0 Å². The summed E-state index contributed by atoms with van der Waals surface area (Å²) < 4.78 is 0. The number of piperidine rings is 1. The zero-order valence-electron chi connectivity index (χ0n) is 12.9. The third-order valence-corrected chi connectivity index (χ3v) is 4.56. The molecular formula is C17H27NO. The van der Waals surface area contributed by atoms with Crippen molar-refractivity contribution >= 4 is 0 Å². The lowest BCUT2D eigenvalue weighted by Crippen LogP contribution is -2.58. The van der Waals surface area contributed by atoms with E-state index in [0.29, 0.717) is 6.04 Å². The predicted molar refractivity (Wildman–Crippen MR) is 80.0 cm³/mol. The highest BCUT2D eigenvalue weighted by molar-refractivity contribution is 5.24. The van der Waals surface area contributed by atoms with Crippen LogP contribution in [0.4, 0.5) is 0 Å². The Hall–Kier alpha value is -0.860. The lowest BCUT2D eigenvalue weighted by Gasteiger charge is -2.52. The summed E-state index contributed by atoms with van der Waals surface area (Å²) in [5, 5.41) is 11.1. The van der Waals surface area contributed by atoms with E-state index in [-0.39, 0.29) is 11.5 Å². The van der Waals surface area contributed by atoms with Crippen molar-refractivity contribution in [3.05, 3.63) is 35.9 Å². The lowest BCUT2D eigenvalue weighted by atomic mass is 9.73. The summed E-state index contributed by atoms with van der Waals surface area (Å²) in [6.45, 7) is 12.1. The number of rotatable bonds is 1. The van der Waals surface area contributed by atoms with Gasteiger partial charge in [-0.15, -0.1) is 0 Å². The zero-order chi connectivity index (χ0) is 14.3. The molecule has 19 heavy (non-hydrogen) atoms. The van der Waals surface area contributed by atoms with E-state index in [9.17, 15) is 5.11 Å². The van der Waals surface area contributed by atoms with Gasteiger partial charge in [-0.1, -0.05) is 37.3 Å². The van der Waals surface area contributed by atoms with Gasteiger partial charge in [-0.05, 0) is 39.7 Å². The molecule has 1 aliphatic heterocycles. The minimum Gasteiger partial charge on any atom is -0.385 e. The Labute approximate surface area is 117 Å². The largest absolute Gasteiger partial charge is 0.385 e. The molecule has 2 nitrogen and oxygen atoms in total. The molecule has 3 unspecified atom stereocenters. The summed E-state index contributed by atoms with van der Waals surface area (Å²) >= 11 is 0. The highest BCUT2D eigenvalue weighted by Gasteiger charge is 2.45. The van der Waals surface area contributed by atoms with Crippen molar-refractivity contribution in [1.82, 2.24) is 4.90 Å². The maximum Gasteiger partial charge on any atom is 0.0948 e. The molecule has 1 fully saturated rings. The van der Waals surface area contributed by atoms with E-state index >= 15 is 0 Å². The van der Waals surface area contributed by atoms with E-state index in [1.54, 1.807) is 0 Å². The van der Waals surface area contributed by atoms with Gasteiger partial charge in [0.1, 0.15) is 0 Å². The molecule has 2 heteroatoms. The summed E-state index contributed by atoms with van der Waals surface area (Å²) in [6.07, 6.45) is 0.801. The smallest absolute Gasteiger partial charge is 0.0948 e. The first-order chi connectivity index (χ1) is 8.75. The number of benzene rings is 1. The van der Waals surface area contributed by atoms with Gasteiger partial charge in [0.2, 0.25) is 0 Å². The standard InChI is InChI=1S/C17H27NO/c1-13-12-18(16(3,4)5)14(2)11-17(13,19)15-9-7-6-8-10-15/h6-10,13-14,19H,11-12H2,1-5H3. The molecule has 1 aromatic carbocycles. The van der Waals surface area contributed by atoms with Gasteiger partial charge in [-0.2, -0.15) is 0 Å². The van der Waals surface area contributed by atoms with E-state index in [1.165, 1.54) is 0 Å². The Morgan fingerprint density at radius 2 is 1.74 bits per heavy atom. The maximum atomic E-state index is 11.1. The van der Waals surface area contributed by atoms with Crippen LogP contribution in [0, 0.1) is 5.92 Å².